The molecular formula is C15H26N4O. The zero-order valence-electron chi connectivity index (χ0n) is 12.6. The van der Waals surface area contributed by atoms with E-state index in [2.05, 4.69) is 26.9 Å². The van der Waals surface area contributed by atoms with Gasteiger partial charge in [0.25, 0.3) is 0 Å². The van der Waals surface area contributed by atoms with Gasteiger partial charge in [-0.15, -0.1) is 0 Å². The van der Waals surface area contributed by atoms with Crippen LogP contribution in [-0.2, 0) is 11.3 Å². The molecule has 1 fully saturated rings. The highest BCUT2D eigenvalue weighted by molar-refractivity contribution is 5.38. The topological polar surface area (TPSA) is 54.6 Å². The summed E-state index contributed by atoms with van der Waals surface area (Å²) in [5.41, 5.74) is 7.20. The Bertz CT molecular complexity index is 387. The van der Waals surface area contributed by atoms with Crippen molar-refractivity contribution < 1.29 is 4.74 Å². The highest BCUT2D eigenvalue weighted by Crippen LogP contribution is 2.14. The van der Waals surface area contributed by atoms with Gasteiger partial charge in [0.2, 0.25) is 0 Å². The Labute approximate surface area is 121 Å². The predicted molar refractivity (Wildman–Crippen MR) is 81.9 cm³/mol. The van der Waals surface area contributed by atoms with Crippen molar-refractivity contribution in [3.8, 4) is 0 Å². The third-order valence-corrected chi connectivity index (χ3v) is 3.87. The van der Waals surface area contributed by atoms with Crippen LogP contribution in [0, 0.1) is 0 Å². The third-order valence-electron chi connectivity index (χ3n) is 3.87. The molecule has 0 spiro atoms. The summed E-state index contributed by atoms with van der Waals surface area (Å²) >= 11 is 0. The second kappa shape index (κ2) is 7.57. The molecule has 2 heterocycles. The minimum atomic E-state index is 0.390. The Hall–Kier alpha value is -1.17. The molecule has 112 valence electrons. The molecule has 0 unspecified atom stereocenters. The van der Waals surface area contributed by atoms with E-state index in [1.54, 1.807) is 7.11 Å². The van der Waals surface area contributed by atoms with Gasteiger partial charge >= 0.3 is 0 Å². The van der Waals surface area contributed by atoms with Crippen LogP contribution in [0.5, 0.6) is 0 Å². The van der Waals surface area contributed by atoms with Crippen LogP contribution in [-0.4, -0.2) is 56.3 Å². The Kier molecular flexibility index (Phi) is 5.76. The number of methoxy groups -OCH3 is 1. The van der Waals surface area contributed by atoms with Crippen molar-refractivity contribution in [2.24, 2.45) is 5.73 Å². The van der Waals surface area contributed by atoms with Gasteiger partial charge in [0.05, 0.1) is 6.61 Å². The van der Waals surface area contributed by atoms with Gasteiger partial charge in [0, 0.05) is 39.5 Å². The van der Waals surface area contributed by atoms with Crippen LogP contribution in [0.15, 0.2) is 18.3 Å². The molecule has 1 aromatic rings. The number of likely N-dealkylation sites (N-methyl/N-ethyl adjacent to an activating group) is 1. The van der Waals surface area contributed by atoms with Gasteiger partial charge in [0.1, 0.15) is 5.82 Å². The largest absolute Gasteiger partial charge is 0.383 e. The molecule has 5 nitrogen and oxygen atoms in total. The lowest BCUT2D eigenvalue weighted by atomic mass is 10.1. The molecule has 0 aliphatic carbocycles. The molecule has 1 aliphatic rings. The Morgan fingerprint density at radius 1 is 1.40 bits per heavy atom. The maximum Gasteiger partial charge on any atom is 0.128 e. The summed E-state index contributed by atoms with van der Waals surface area (Å²) in [5, 5.41) is 0. The van der Waals surface area contributed by atoms with Gasteiger partial charge in [-0.25, -0.2) is 4.98 Å². The number of anilines is 1. The minimum Gasteiger partial charge on any atom is -0.383 e. The van der Waals surface area contributed by atoms with Crippen molar-refractivity contribution in [1.82, 2.24) is 9.88 Å². The van der Waals surface area contributed by atoms with Crippen molar-refractivity contribution in [2.45, 2.75) is 25.4 Å². The van der Waals surface area contributed by atoms with Crippen LogP contribution in [0.2, 0.25) is 0 Å². The molecule has 20 heavy (non-hydrogen) atoms. The maximum absolute atomic E-state index is 5.93. The summed E-state index contributed by atoms with van der Waals surface area (Å²) in [6.07, 6.45) is 4.18. The van der Waals surface area contributed by atoms with Crippen LogP contribution in [0.4, 0.5) is 5.82 Å². The lowest BCUT2D eigenvalue weighted by Gasteiger charge is -2.30. The number of hydrogen-bond acceptors (Lipinski definition) is 5. The van der Waals surface area contributed by atoms with E-state index in [0.29, 0.717) is 12.6 Å². The summed E-state index contributed by atoms with van der Waals surface area (Å²) in [4.78, 5) is 9.09. The highest BCUT2D eigenvalue weighted by atomic mass is 16.5. The zero-order chi connectivity index (χ0) is 14.4. The average Bonchev–Trinajstić information content (AvgIpc) is 2.48. The average molecular weight is 278 g/mol. The fourth-order valence-electron chi connectivity index (χ4n) is 2.45. The van der Waals surface area contributed by atoms with E-state index in [1.165, 1.54) is 5.56 Å². The first-order valence-electron chi connectivity index (χ1n) is 7.32. The molecule has 0 saturated carbocycles. The molecule has 0 atom stereocenters. The van der Waals surface area contributed by atoms with Crippen LogP contribution in [0.3, 0.4) is 0 Å². The molecule has 0 bridgehead atoms. The second-order valence-corrected chi connectivity index (χ2v) is 5.55. The molecule has 2 rings (SSSR count). The van der Waals surface area contributed by atoms with Gasteiger partial charge in [-0.05, 0) is 37.6 Å². The molecule has 0 amide bonds. The molecule has 1 aromatic heterocycles. The van der Waals surface area contributed by atoms with Crippen molar-refractivity contribution in [3.05, 3.63) is 23.9 Å². The minimum absolute atomic E-state index is 0.390. The predicted octanol–water partition coefficient (Wildman–Crippen LogP) is 1.09. The monoisotopic (exact) mass is 278 g/mol. The number of hydrogen-bond donors (Lipinski definition) is 1. The van der Waals surface area contributed by atoms with Crippen molar-refractivity contribution in [3.63, 3.8) is 0 Å². The first kappa shape index (κ1) is 15.2. The van der Waals surface area contributed by atoms with E-state index in [4.69, 9.17) is 10.5 Å². The Morgan fingerprint density at radius 2 is 2.15 bits per heavy atom. The van der Waals surface area contributed by atoms with E-state index in [0.717, 1.165) is 44.8 Å². The van der Waals surface area contributed by atoms with E-state index in [-0.39, 0.29) is 0 Å². The first-order chi connectivity index (χ1) is 9.69. The molecule has 0 aromatic carbocycles. The van der Waals surface area contributed by atoms with Gasteiger partial charge in [0.15, 0.2) is 0 Å². The number of aromatic nitrogens is 1. The lowest BCUT2D eigenvalue weighted by Crippen LogP contribution is -2.39. The van der Waals surface area contributed by atoms with Gasteiger partial charge in [-0.3, -0.25) is 4.90 Å². The lowest BCUT2D eigenvalue weighted by molar-refractivity contribution is 0.205. The van der Waals surface area contributed by atoms with Gasteiger partial charge < -0.3 is 15.4 Å². The third kappa shape index (κ3) is 4.44. The van der Waals surface area contributed by atoms with E-state index < -0.39 is 0 Å². The van der Waals surface area contributed by atoms with E-state index in [1.807, 2.05) is 13.2 Å². The summed E-state index contributed by atoms with van der Waals surface area (Å²) in [7, 11) is 3.75. The number of rotatable bonds is 6. The molecule has 5 heteroatoms. The number of pyridine rings is 1. The van der Waals surface area contributed by atoms with E-state index in [9.17, 15) is 0 Å². The summed E-state index contributed by atoms with van der Waals surface area (Å²) in [6, 6.07) is 4.64. The molecular weight excluding hydrogens is 252 g/mol. The second-order valence-electron chi connectivity index (χ2n) is 5.55. The molecule has 2 N–H and O–H groups in total. The number of nitrogens with zero attached hydrogens (tertiary/aromatic N) is 3. The standard InChI is InChI=1S/C15H26N4O/c1-18(9-10-20-2)15-4-3-13(11-17-15)12-19-7-5-14(16)6-8-19/h3-4,11,14H,5-10,12,16H2,1-2H3. The van der Waals surface area contributed by atoms with Gasteiger partial charge in [-0.2, -0.15) is 0 Å². The summed E-state index contributed by atoms with van der Waals surface area (Å²) in [5.74, 6) is 0.992. The number of ether oxygens (including phenoxy) is 1. The normalized spacial score (nSPS) is 17.4. The van der Waals surface area contributed by atoms with Crippen LogP contribution < -0.4 is 10.6 Å². The number of likely N-dealkylation sites (tertiary alicyclic amines) is 1. The highest BCUT2D eigenvalue weighted by Gasteiger charge is 2.16. The van der Waals surface area contributed by atoms with Crippen molar-refractivity contribution in [1.29, 1.82) is 0 Å². The molecule has 1 saturated heterocycles. The van der Waals surface area contributed by atoms with Crippen molar-refractivity contribution in [2.75, 3.05) is 45.3 Å². The fourth-order valence-corrected chi connectivity index (χ4v) is 2.45. The van der Waals surface area contributed by atoms with Gasteiger partial charge in [-0.1, -0.05) is 6.07 Å². The maximum atomic E-state index is 5.93. The smallest absolute Gasteiger partial charge is 0.128 e. The molecule has 0 radical (unpaired) electrons. The quantitative estimate of drug-likeness (QED) is 0.844. The SMILES string of the molecule is COCCN(C)c1ccc(CN2CCC(N)CC2)cn1. The summed E-state index contributed by atoms with van der Waals surface area (Å²) < 4.78 is 5.08. The van der Waals surface area contributed by atoms with E-state index >= 15 is 0 Å². The van der Waals surface area contributed by atoms with Crippen molar-refractivity contribution >= 4 is 5.82 Å². The fraction of sp³-hybridized carbons (Fsp3) is 0.667. The summed E-state index contributed by atoms with van der Waals surface area (Å²) in [6.45, 7) is 4.73. The number of nitrogens with two attached hydrogens (primary N) is 1. The first-order valence-corrected chi connectivity index (χ1v) is 7.32. The van der Waals surface area contributed by atoms with Crippen LogP contribution in [0.25, 0.3) is 0 Å². The Morgan fingerprint density at radius 3 is 2.75 bits per heavy atom. The molecule has 1 aliphatic heterocycles. The zero-order valence-corrected chi connectivity index (χ0v) is 12.6. The van der Waals surface area contributed by atoms with Crippen LogP contribution >= 0.6 is 0 Å². The Balaban J connectivity index is 1.85. The number of piperidine rings is 1. The van der Waals surface area contributed by atoms with Crippen LogP contribution in [0.1, 0.15) is 18.4 Å².